The van der Waals surface area contributed by atoms with Gasteiger partial charge in [-0.2, -0.15) is 0 Å². The predicted molar refractivity (Wildman–Crippen MR) is 92.1 cm³/mol. The van der Waals surface area contributed by atoms with Crippen molar-refractivity contribution in [1.82, 2.24) is 0 Å². The Morgan fingerprint density at radius 1 is 0.864 bits per heavy atom. The molecule has 0 radical (unpaired) electrons. The minimum atomic E-state index is 0.477. The van der Waals surface area contributed by atoms with Gasteiger partial charge in [-0.05, 0) is 47.9 Å². The molecule has 0 saturated carbocycles. The van der Waals surface area contributed by atoms with Crippen LogP contribution < -0.4 is 9.47 Å². The molecule has 2 unspecified atom stereocenters. The maximum atomic E-state index is 5.42. The first-order valence-electron chi connectivity index (χ1n) is 7.96. The molecule has 2 atom stereocenters. The van der Waals surface area contributed by atoms with Crippen molar-refractivity contribution in [1.29, 1.82) is 0 Å². The van der Waals surface area contributed by atoms with Crippen LogP contribution in [0.2, 0.25) is 0 Å². The first kappa shape index (κ1) is 16.4. The van der Waals surface area contributed by atoms with Gasteiger partial charge < -0.3 is 9.47 Å². The van der Waals surface area contributed by atoms with Gasteiger partial charge in [-0.15, -0.1) is 0 Å². The van der Waals surface area contributed by atoms with Crippen LogP contribution >= 0.6 is 0 Å². The second kappa shape index (κ2) is 7.88. The smallest absolute Gasteiger partial charge is 0.160 e. The first-order valence-corrected chi connectivity index (χ1v) is 7.96. The Balaban J connectivity index is 2.15. The van der Waals surface area contributed by atoms with Gasteiger partial charge in [0.2, 0.25) is 0 Å². The van der Waals surface area contributed by atoms with Crippen molar-refractivity contribution >= 4 is 0 Å². The third-order valence-electron chi connectivity index (χ3n) is 4.38. The van der Waals surface area contributed by atoms with Gasteiger partial charge in [0.25, 0.3) is 0 Å². The molecule has 0 saturated heterocycles. The standard InChI is InChI=1S/C20H26O2/c1-5-16(17-9-7-6-8-10-17)13-15(2)18-11-12-19(21-3)20(14-18)22-4/h6-12,14-16H,5,13H2,1-4H3. The zero-order valence-electron chi connectivity index (χ0n) is 14.0. The van der Waals surface area contributed by atoms with E-state index in [0.29, 0.717) is 11.8 Å². The number of ether oxygens (including phenoxy) is 2. The lowest BCUT2D eigenvalue weighted by molar-refractivity contribution is 0.354. The highest BCUT2D eigenvalue weighted by molar-refractivity contribution is 5.44. The summed E-state index contributed by atoms with van der Waals surface area (Å²) in [6, 6.07) is 17.0. The van der Waals surface area contributed by atoms with Crippen LogP contribution in [-0.2, 0) is 0 Å². The maximum Gasteiger partial charge on any atom is 0.160 e. The molecule has 0 aliphatic heterocycles. The molecule has 118 valence electrons. The summed E-state index contributed by atoms with van der Waals surface area (Å²) < 4.78 is 10.7. The molecular weight excluding hydrogens is 272 g/mol. The fraction of sp³-hybridized carbons (Fsp3) is 0.400. The van der Waals surface area contributed by atoms with Crippen LogP contribution in [0.4, 0.5) is 0 Å². The zero-order chi connectivity index (χ0) is 15.9. The molecule has 0 aromatic heterocycles. The van der Waals surface area contributed by atoms with E-state index >= 15 is 0 Å². The van der Waals surface area contributed by atoms with Crippen LogP contribution in [0.5, 0.6) is 11.5 Å². The van der Waals surface area contributed by atoms with E-state index in [1.165, 1.54) is 11.1 Å². The molecule has 0 bridgehead atoms. The predicted octanol–water partition coefficient (Wildman–Crippen LogP) is 5.39. The van der Waals surface area contributed by atoms with Crippen LogP contribution in [0, 0.1) is 0 Å². The molecule has 2 aromatic rings. The molecule has 0 aliphatic carbocycles. The van der Waals surface area contributed by atoms with Crippen LogP contribution in [0.15, 0.2) is 48.5 Å². The van der Waals surface area contributed by atoms with E-state index in [0.717, 1.165) is 24.3 Å². The number of hydrogen-bond donors (Lipinski definition) is 0. The highest BCUT2D eigenvalue weighted by Crippen LogP contribution is 2.35. The summed E-state index contributed by atoms with van der Waals surface area (Å²) in [7, 11) is 3.36. The molecule has 0 fully saturated rings. The van der Waals surface area contributed by atoms with Gasteiger partial charge in [0.05, 0.1) is 14.2 Å². The van der Waals surface area contributed by atoms with Crippen LogP contribution in [0.1, 0.15) is 49.7 Å². The monoisotopic (exact) mass is 298 g/mol. The van der Waals surface area contributed by atoms with E-state index in [-0.39, 0.29) is 0 Å². The third kappa shape index (κ3) is 3.82. The summed E-state index contributed by atoms with van der Waals surface area (Å²) in [6.45, 7) is 4.55. The van der Waals surface area contributed by atoms with Crippen molar-refractivity contribution in [2.75, 3.05) is 14.2 Å². The van der Waals surface area contributed by atoms with Gasteiger partial charge in [0.15, 0.2) is 11.5 Å². The minimum Gasteiger partial charge on any atom is -0.493 e. The third-order valence-corrected chi connectivity index (χ3v) is 4.38. The lowest BCUT2D eigenvalue weighted by atomic mass is 9.84. The quantitative estimate of drug-likeness (QED) is 0.682. The van der Waals surface area contributed by atoms with E-state index in [4.69, 9.17) is 9.47 Å². The second-order valence-corrected chi connectivity index (χ2v) is 5.77. The van der Waals surface area contributed by atoms with E-state index < -0.39 is 0 Å². The fourth-order valence-electron chi connectivity index (χ4n) is 2.99. The molecule has 0 spiro atoms. The minimum absolute atomic E-state index is 0.477. The molecule has 0 amide bonds. The number of methoxy groups -OCH3 is 2. The lowest BCUT2D eigenvalue weighted by Gasteiger charge is -2.21. The Kier molecular flexibility index (Phi) is 5.88. The van der Waals surface area contributed by atoms with Crippen LogP contribution in [0.3, 0.4) is 0 Å². The van der Waals surface area contributed by atoms with Crippen molar-refractivity contribution in [3.05, 3.63) is 59.7 Å². The van der Waals surface area contributed by atoms with Crippen molar-refractivity contribution < 1.29 is 9.47 Å². The topological polar surface area (TPSA) is 18.5 Å². The average Bonchev–Trinajstić information content (AvgIpc) is 2.59. The van der Waals surface area contributed by atoms with Gasteiger partial charge in [0, 0.05) is 0 Å². The molecule has 0 heterocycles. The van der Waals surface area contributed by atoms with E-state index in [9.17, 15) is 0 Å². The van der Waals surface area contributed by atoms with Gasteiger partial charge in [0.1, 0.15) is 0 Å². The van der Waals surface area contributed by atoms with E-state index in [1.807, 2.05) is 6.07 Å². The Bertz CT molecular complexity index is 578. The largest absolute Gasteiger partial charge is 0.493 e. The molecule has 2 nitrogen and oxygen atoms in total. The Morgan fingerprint density at radius 2 is 1.55 bits per heavy atom. The SMILES string of the molecule is CCC(CC(C)c1ccc(OC)c(OC)c1)c1ccccc1. The van der Waals surface area contributed by atoms with Crippen molar-refractivity contribution in [3.8, 4) is 11.5 Å². The summed E-state index contributed by atoms with van der Waals surface area (Å²) in [6.07, 6.45) is 2.29. The van der Waals surface area contributed by atoms with E-state index in [2.05, 4.69) is 56.3 Å². The number of rotatable bonds is 7. The van der Waals surface area contributed by atoms with Gasteiger partial charge in [-0.25, -0.2) is 0 Å². The van der Waals surface area contributed by atoms with Crippen molar-refractivity contribution in [3.63, 3.8) is 0 Å². The van der Waals surface area contributed by atoms with Crippen molar-refractivity contribution in [2.24, 2.45) is 0 Å². The normalized spacial score (nSPS) is 13.5. The molecule has 0 N–H and O–H groups in total. The lowest BCUT2D eigenvalue weighted by Crippen LogP contribution is -2.04. The highest BCUT2D eigenvalue weighted by atomic mass is 16.5. The zero-order valence-corrected chi connectivity index (χ0v) is 14.0. The van der Waals surface area contributed by atoms with Gasteiger partial charge in [-0.3, -0.25) is 0 Å². The van der Waals surface area contributed by atoms with Gasteiger partial charge >= 0.3 is 0 Å². The molecule has 2 heteroatoms. The molecular formula is C20H26O2. The molecule has 2 aromatic carbocycles. The summed E-state index contributed by atoms with van der Waals surface area (Å²) in [4.78, 5) is 0. The highest BCUT2D eigenvalue weighted by Gasteiger charge is 2.16. The van der Waals surface area contributed by atoms with Crippen LogP contribution in [-0.4, -0.2) is 14.2 Å². The van der Waals surface area contributed by atoms with Crippen molar-refractivity contribution in [2.45, 2.75) is 38.5 Å². The summed E-state index contributed by atoms with van der Waals surface area (Å²) in [5, 5.41) is 0. The average molecular weight is 298 g/mol. The molecule has 2 rings (SSSR count). The molecule has 22 heavy (non-hydrogen) atoms. The van der Waals surface area contributed by atoms with Crippen LogP contribution in [0.25, 0.3) is 0 Å². The summed E-state index contributed by atoms with van der Waals surface area (Å²) in [5.74, 6) is 2.66. The van der Waals surface area contributed by atoms with E-state index in [1.54, 1.807) is 14.2 Å². The van der Waals surface area contributed by atoms with Gasteiger partial charge in [-0.1, -0.05) is 50.2 Å². The maximum absolute atomic E-state index is 5.42. The summed E-state index contributed by atoms with van der Waals surface area (Å²) >= 11 is 0. The first-order chi connectivity index (χ1) is 10.7. The Hall–Kier alpha value is -1.96. The Morgan fingerprint density at radius 3 is 2.14 bits per heavy atom. The fourth-order valence-corrected chi connectivity index (χ4v) is 2.99. The Labute approximate surface area is 134 Å². The summed E-state index contributed by atoms with van der Waals surface area (Å²) in [5.41, 5.74) is 2.73. The number of hydrogen-bond acceptors (Lipinski definition) is 2. The molecule has 0 aliphatic rings. The number of benzene rings is 2. The second-order valence-electron chi connectivity index (χ2n) is 5.77.